The summed E-state index contributed by atoms with van der Waals surface area (Å²) in [6, 6.07) is 3.68. The maximum Gasteiger partial charge on any atom is 0.228 e. The van der Waals surface area contributed by atoms with Gasteiger partial charge in [-0.1, -0.05) is 11.6 Å². The van der Waals surface area contributed by atoms with Gasteiger partial charge >= 0.3 is 0 Å². The van der Waals surface area contributed by atoms with Crippen molar-refractivity contribution in [2.75, 3.05) is 13.8 Å². The molecule has 2 aromatic carbocycles. The van der Waals surface area contributed by atoms with E-state index in [0.29, 0.717) is 11.3 Å². The molecule has 1 aliphatic heterocycles. The van der Waals surface area contributed by atoms with E-state index in [1.807, 2.05) is 19.9 Å². The summed E-state index contributed by atoms with van der Waals surface area (Å²) in [4.78, 5) is 0. The second kappa shape index (κ2) is 5.44. The van der Waals surface area contributed by atoms with E-state index < -0.39 is 39.3 Å². The van der Waals surface area contributed by atoms with Crippen molar-refractivity contribution in [1.82, 2.24) is 4.48 Å². The van der Waals surface area contributed by atoms with E-state index in [0.717, 1.165) is 11.1 Å². The second-order valence-electron chi connectivity index (χ2n) is 6.32. The van der Waals surface area contributed by atoms with E-state index in [4.69, 9.17) is 4.74 Å². The number of halogens is 5. The van der Waals surface area contributed by atoms with Crippen molar-refractivity contribution in [3.05, 3.63) is 57.9 Å². The molecular weight excluding hydrogens is 329 g/mol. The lowest BCUT2D eigenvalue weighted by Crippen LogP contribution is -2.51. The highest BCUT2D eigenvalue weighted by atomic mass is 19.2. The number of nitrogens with zero attached hydrogens (tertiary/aromatic N) is 1. The SMILES string of the molecule is Cc1cc(C)c2c(c1)C[N+](C)(c1c(F)c(F)c(F)c(F)c1F)CO2. The fourth-order valence-corrected chi connectivity index (χ4v) is 3.21. The van der Waals surface area contributed by atoms with E-state index in [2.05, 4.69) is 0 Å². The lowest BCUT2D eigenvalue weighted by atomic mass is 10.0. The van der Waals surface area contributed by atoms with Crippen molar-refractivity contribution in [2.24, 2.45) is 0 Å². The Morgan fingerprint density at radius 2 is 1.42 bits per heavy atom. The lowest BCUT2D eigenvalue weighted by molar-refractivity contribution is 0.115. The predicted octanol–water partition coefficient (Wildman–Crippen LogP) is 4.49. The minimum absolute atomic E-state index is 0.0518. The van der Waals surface area contributed by atoms with Gasteiger partial charge in [0.15, 0.2) is 0 Å². The number of hydrogen-bond donors (Lipinski definition) is 0. The van der Waals surface area contributed by atoms with Gasteiger partial charge in [0.25, 0.3) is 0 Å². The summed E-state index contributed by atoms with van der Waals surface area (Å²) >= 11 is 0. The first kappa shape index (κ1) is 16.7. The third-order valence-electron chi connectivity index (χ3n) is 4.24. The van der Waals surface area contributed by atoms with Crippen LogP contribution in [0.4, 0.5) is 27.6 Å². The van der Waals surface area contributed by atoms with E-state index >= 15 is 0 Å². The maximum absolute atomic E-state index is 14.2. The molecule has 2 nitrogen and oxygen atoms in total. The van der Waals surface area contributed by atoms with Gasteiger partial charge in [0, 0.05) is 5.56 Å². The standard InChI is InChI=1S/C17H15F5NO/c1-8-4-9(2)17-10(5-8)6-23(3,7-24-17)16-14(21)12(19)11(18)13(20)15(16)22/h4-5H,6-7H2,1-3H3/q+1. The Morgan fingerprint density at radius 1 is 0.875 bits per heavy atom. The summed E-state index contributed by atoms with van der Waals surface area (Å²) in [5, 5.41) is 0. The van der Waals surface area contributed by atoms with Crippen molar-refractivity contribution in [3.63, 3.8) is 0 Å². The minimum atomic E-state index is -2.16. The number of quaternary nitrogens is 1. The molecule has 0 aromatic heterocycles. The van der Waals surface area contributed by atoms with Crippen LogP contribution in [0.3, 0.4) is 0 Å². The molecule has 0 saturated carbocycles. The molecule has 1 heterocycles. The fourth-order valence-electron chi connectivity index (χ4n) is 3.21. The molecule has 0 saturated heterocycles. The molecule has 0 bridgehead atoms. The number of benzene rings is 2. The largest absolute Gasteiger partial charge is 0.444 e. The Labute approximate surface area is 135 Å². The molecule has 1 aliphatic rings. The first-order chi connectivity index (χ1) is 11.2. The average Bonchev–Trinajstić information content (AvgIpc) is 2.50. The Bertz CT molecular complexity index is 823. The van der Waals surface area contributed by atoms with Crippen LogP contribution in [0.2, 0.25) is 0 Å². The third-order valence-corrected chi connectivity index (χ3v) is 4.24. The Kier molecular flexibility index (Phi) is 3.79. The highest BCUT2D eigenvalue weighted by Gasteiger charge is 2.42. The molecule has 24 heavy (non-hydrogen) atoms. The summed E-state index contributed by atoms with van der Waals surface area (Å²) < 4.78 is 73.7. The third kappa shape index (κ3) is 2.34. The molecule has 1 atom stereocenters. The zero-order chi connectivity index (χ0) is 17.8. The minimum Gasteiger partial charge on any atom is -0.444 e. The monoisotopic (exact) mass is 344 g/mol. The molecule has 128 valence electrons. The van der Waals surface area contributed by atoms with E-state index in [1.54, 1.807) is 6.07 Å². The number of aryl methyl sites for hydroxylation is 2. The van der Waals surface area contributed by atoms with Crippen LogP contribution in [-0.2, 0) is 6.54 Å². The summed E-state index contributed by atoms with van der Waals surface area (Å²) in [5.74, 6) is -9.13. The molecule has 0 N–H and O–H groups in total. The highest BCUT2D eigenvalue weighted by Crippen LogP contribution is 2.39. The summed E-state index contributed by atoms with van der Waals surface area (Å²) in [6.45, 7) is 3.50. The van der Waals surface area contributed by atoms with Gasteiger partial charge in [-0.25, -0.2) is 13.2 Å². The van der Waals surface area contributed by atoms with Crippen LogP contribution >= 0.6 is 0 Å². The molecule has 3 rings (SSSR count). The molecule has 2 aromatic rings. The van der Waals surface area contributed by atoms with Crippen LogP contribution in [0.1, 0.15) is 16.7 Å². The fraction of sp³-hybridized carbons (Fsp3) is 0.294. The van der Waals surface area contributed by atoms with Gasteiger partial charge in [0.1, 0.15) is 12.3 Å². The number of rotatable bonds is 1. The molecule has 7 heteroatoms. The number of fused-ring (bicyclic) bond motifs is 1. The van der Waals surface area contributed by atoms with Crippen LogP contribution in [0.5, 0.6) is 5.75 Å². The zero-order valence-corrected chi connectivity index (χ0v) is 13.3. The van der Waals surface area contributed by atoms with Crippen LogP contribution in [-0.4, -0.2) is 13.8 Å². The Hall–Kier alpha value is -2.15. The Balaban J connectivity index is 2.18. The number of hydrogen-bond acceptors (Lipinski definition) is 1. The van der Waals surface area contributed by atoms with Gasteiger partial charge in [-0.3, -0.25) is 4.48 Å². The van der Waals surface area contributed by atoms with Crippen LogP contribution in [0, 0.1) is 42.9 Å². The molecule has 0 radical (unpaired) electrons. The zero-order valence-electron chi connectivity index (χ0n) is 13.3. The van der Waals surface area contributed by atoms with E-state index in [1.165, 1.54) is 7.05 Å². The topological polar surface area (TPSA) is 9.23 Å². The first-order valence-electron chi connectivity index (χ1n) is 7.25. The van der Waals surface area contributed by atoms with Gasteiger partial charge in [0.2, 0.25) is 41.5 Å². The molecule has 0 fully saturated rings. The molecule has 1 unspecified atom stereocenters. The highest BCUT2D eigenvalue weighted by molar-refractivity contribution is 5.52. The van der Waals surface area contributed by atoms with E-state index in [-0.39, 0.29) is 13.3 Å². The molecular formula is C17H15F5NO+. The molecule has 0 aliphatic carbocycles. The normalized spacial score (nSPS) is 19.8. The van der Waals surface area contributed by atoms with Gasteiger partial charge in [-0.15, -0.1) is 0 Å². The van der Waals surface area contributed by atoms with Gasteiger partial charge in [0.05, 0.1) is 7.05 Å². The second-order valence-corrected chi connectivity index (χ2v) is 6.32. The van der Waals surface area contributed by atoms with Crippen molar-refractivity contribution >= 4 is 5.69 Å². The first-order valence-corrected chi connectivity index (χ1v) is 7.25. The van der Waals surface area contributed by atoms with Crippen LogP contribution < -0.4 is 9.22 Å². The van der Waals surface area contributed by atoms with Gasteiger partial charge < -0.3 is 4.74 Å². The van der Waals surface area contributed by atoms with Crippen molar-refractivity contribution in [1.29, 1.82) is 0 Å². The molecule has 0 spiro atoms. The summed E-state index contributed by atoms with van der Waals surface area (Å²) in [7, 11) is 1.37. The van der Waals surface area contributed by atoms with Gasteiger partial charge in [-0.05, 0) is 25.5 Å². The predicted molar refractivity (Wildman–Crippen MR) is 79.1 cm³/mol. The lowest BCUT2D eigenvalue weighted by Gasteiger charge is -2.38. The number of ether oxygens (including phenoxy) is 1. The van der Waals surface area contributed by atoms with Crippen molar-refractivity contribution in [2.45, 2.75) is 20.4 Å². The van der Waals surface area contributed by atoms with Crippen molar-refractivity contribution < 1.29 is 26.7 Å². The van der Waals surface area contributed by atoms with E-state index in [9.17, 15) is 22.0 Å². The van der Waals surface area contributed by atoms with Crippen LogP contribution in [0.25, 0.3) is 0 Å². The van der Waals surface area contributed by atoms with Crippen molar-refractivity contribution in [3.8, 4) is 5.75 Å². The summed E-state index contributed by atoms with van der Waals surface area (Å²) in [6.07, 6.45) is 0. The smallest absolute Gasteiger partial charge is 0.228 e. The summed E-state index contributed by atoms with van der Waals surface area (Å²) in [5.41, 5.74) is 1.54. The maximum atomic E-state index is 14.2. The van der Waals surface area contributed by atoms with Gasteiger partial charge in [-0.2, -0.15) is 8.78 Å². The quantitative estimate of drug-likeness (QED) is 0.321. The molecule has 0 amide bonds. The Morgan fingerprint density at radius 3 is 2.00 bits per heavy atom. The van der Waals surface area contributed by atoms with Crippen LogP contribution in [0.15, 0.2) is 12.1 Å². The average molecular weight is 344 g/mol.